The number of halogens is 1. The van der Waals surface area contributed by atoms with Gasteiger partial charge in [-0.2, -0.15) is 0 Å². The molecule has 1 aromatic carbocycles. The van der Waals surface area contributed by atoms with Crippen molar-refractivity contribution in [2.45, 2.75) is 70.9 Å². The molecule has 0 saturated heterocycles. The van der Waals surface area contributed by atoms with Crippen molar-refractivity contribution in [2.75, 3.05) is 0 Å². The molecule has 1 atom stereocenters. The highest BCUT2D eigenvalue weighted by atomic mass is 79.9. The molecule has 112 valence electrons. The van der Waals surface area contributed by atoms with E-state index in [1.807, 2.05) is 0 Å². The predicted molar refractivity (Wildman–Crippen MR) is 91.1 cm³/mol. The molecule has 1 aromatic rings. The topological polar surface area (TPSA) is 12.0 Å². The van der Waals surface area contributed by atoms with Gasteiger partial charge < -0.3 is 5.32 Å². The second-order valence-electron chi connectivity index (χ2n) is 6.40. The maximum Gasteiger partial charge on any atom is 0.0175 e. The Morgan fingerprint density at radius 1 is 1.15 bits per heavy atom. The lowest BCUT2D eigenvalue weighted by Gasteiger charge is -2.31. The van der Waals surface area contributed by atoms with Crippen molar-refractivity contribution in [2.24, 2.45) is 5.92 Å². The highest BCUT2D eigenvalue weighted by molar-refractivity contribution is 9.10. The molecular formula is C18H28BrN. The van der Waals surface area contributed by atoms with Gasteiger partial charge in [0.05, 0.1) is 0 Å². The van der Waals surface area contributed by atoms with E-state index in [9.17, 15) is 0 Å². The monoisotopic (exact) mass is 337 g/mol. The summed E-state index contributed by atoms with van der Waals surface area (Å²) in [7, 11) is 0. The molecule has 1 saturated carbocycles. The zero-order valence-electron chi connectivity index (χ0n) is 12.9. The smallest absolute Gasteiger partial charge is 0.0175 e. The Bertz CT molecular complexity index is 379. The molecule has 0 heterocycles. The van der Waals surface area contributed by atoms with Crippen molar-refractivity contribution in [3.8, 4) is 0 Å². The largest absolute Gasteiger partial charge is 0.311 e. The molecule has 0 bridgehead atoms. The third-order valence-corrected chi connectivity index (χ3v) is 5.05. The summed E-state index contributed by atoms with van der Waals surface area (Å²) < 4.78 is 1.16. The Morgan fingerprint density at radius 2 is 1.80 bits per heavy atom. The van der Waals surface area contributed by atoms with Crippen LogP contribution in [-0.2, 0) is 6.42 Å². The second-order valence-corrected chi connectivity index (χ2v) is 7.32. The molecule has 0 aliphatic heterocycles. The van der Waals surface area contributed by atoms with Crippen molar-refractivity contribution >= 4 is 15.9 Å². The summed E-state index contributed by atoms with van der Waals surface area (Å²) >= 11 is 3.49. The molecule has 1 aliphatic rings. The van der Waals surface area contributed by atoms with Gasteiger partial charge in [-0.25, -0.2) is 0 Å². The van der Waals surface area contributed by atoms with Gasteiger partial charge in [0.25, 0.3) is 0 Å². The van der Waals surface area contributed by atoms with Gasteiger partial charge in [0.15, 0.2) is 0 Å². The molecule has 0 spiro atoms. The number of benzene rings is 1. The molecule has 1 aliphatic carbocycles. The molecule has 1 nitrogen and oxygen atoms in total. The first-order chi connectivity index (χ1) is 9.67. The van der Waals surface area contributed by atoms with Crippen LogP contribution in [0.1, 0.15) is 57.9 Å². The summed E-state index contributed by atoms with van der Waals surface area (Å²) in [6.45, 7) is 4.63. The zero-order chi connectivity index (χ0) is 14.4. The van der Waals surface area contributed by atoms with E-state index in [4.69, 9.17) is 0 Å². The van der Waals surface area contributed by atoms with Gasteiger partial charge >= 0.3 is 0 Å². The average Bonchev–Trinajstić information content (AvgIpc) is 2.44. The number of hydrogen-bond acceptors (Lipinski definition) is 1. The minimum absolute atomic E-state index is 0.573. The lowest BCUT2D eigenvalue weighted by Crippen LogP contribution is -2.40. The molecule has 1 N–H and O–H groups in total. The second kappa shape index (κ2) is 8.19. The van der Waals surface area contributed by atoms with Crippen LogP contribution >= 0.6 is 15.9 Å². The van der Waals surface area contributed by atoms with Gasteiger partial charge in [0, 0.05) is 16.6 Å². The molecule has 1 unspecified atom stereocenters. The van der Waals surface area contributed by atoms with Crippen LogP contribution in [0.25, 0.3) is 0 Å². The van der Waals surface area contributed by atoms with Gasteiger partial charge in [-0.1, -0.05) is 47.8 Å². The van der Waals surface area contributed by atoms with Gasteiger partial charge in [-0.15, -0.1) is 0 Å². The van der Waals surface area contributed by atoms with Gasteiger partial charge in [-0.3, -0.25) is 0 Å². The standard InChI is InChI=1S/C18H28BrN/c1-3-4-15-7-11-18(12-8-15)20-14(2)13-16-5-9-17(19)10-6-16/h5-6,9-10,14-15,18,20H,3-4,7-8,11-13H2,1-2H3. The van der Waals surface area contributed by atoms with E-state index in [0.717, 1.165) is 22.9 Å². The normalized spacial score (nSPS) is 24.6. The summed E-state index contributed by atoms with van der Waals surface area (Å²) in [4.78, 5) is 0. The van der Waals surface area contributed by atoms with Crippen LogP contribution < -0.4 is 5.32 Å². The van der Waals surface area contributed by atoms with Crippen molar-refractivity contribution in [1.29, 1.82) is 0 Å². The van der Waals surface area contributed by atoms with Gasteiger partial charge in [-0.05, 0) is 62.6 Å². The Balaban J connectivity index is 1.72. The molecule has 2 rings (SSSR count). The van der Waals surface area contributed by atoms with E-state index in [-0.39, 0.29) is 0 Å². The Labute approximate surface area is 132 Å². The van der Waals surface area contributed by atoms with Gasteiger partial charge in [0.1, 0.15) is 0 Å². The fraction of sp³-hybridized carbons (Fsp3) is 0.667. The highest BCUT2D eigenvalue weighted by Crippen LogP contribution is 2.28. The summed E-state index contributed by atoms with van der Waals surface area (Å²) in [6, 6.07) is 10.0. The summed E-state index contributed by atoms with van der Waals surface area (Å²) in [5, 5.41) is 3.83. The first-order valence-electron chi connectivity index (χ1n) is 8.18. The lowest BCUT2D eigenvalue weighted by atomic mass is 9.83. The first kappa shape index (κ1) is 16.0. The van der Waals surface area contributed by atoms with Crippen molar-refractivity contribution < 1.29 is 0 Å². The van der Waals surface area contributed by atoms with Crippen LogP contribution in [0.4, 0.5) is 0 Å². The molecule has 2 heteroatoms. The predicted octanol–water partition coefficient (Wildman–Crippen LogP) is 5.33. The lowest BCUT2D eigenvalue weighted by molar-refractivity contribution is 0.265. The minimum atomic E-state index is 0.573. The van der Waals surface area contributed by atoms with E-state index in [0.29, 0.717) is 6.04 Å². The number of rotatable bonds is 6. The van der Waals surface area contributed by atoms with Crippen LogP contribution in [0, 0.1) is 5.92 Å². The minimum Gasteiger partial charge on any atom is -0.311 e. The van der Waals surface area contributed by atoms with E-state index < -0.39 is 0 Å². The van der Waals surface area contributed by atoms with Crippen LogP contribution in [-0.4, -0.2) is 12.1 Å². The molecular weight excluding hydrogens is 310 g/mol. The van der Waals surface area contributed by atoms with E-state index >= 15 is 0 Å². The maximum absolute atomic E-state index is 3.83. The van der Waals surface area contributed by atoms with E-state index in [1.54, 1.807) is 0 Å². The molecule has 0 radical (unpaired) electrons. The Morgan fingerprint density at radius 3 is 2.40 bits per heavy atom. The fourth-order valence-electron chi connectivity index (χ4n) is 3.46. The maximum atomic E-state index is 3.83. The third-order valence-electron chi connectivity index (χ3n) is 4.52. The van der Waals surface area contributed by atoms with Crippen LogP contribution in [0.3, 0.4) is 0 Å². The van der Waals surface area contributed by atoms with Gasteiger partial charge in [0.2, 0.25) is 0 Å². The Kier molecular flexibility index (Phi) is 6.57. The van der Waals surface area contributed by atoms with Crippen molar-refractivity contribution in [3.63, 3.8) is 0 Å². The third kappa shape index (κ3) is 5.21. The van der Waals surface area contributed by atoms with E-state index in [2.05, 4.69) is 59.4 Å². The quantitative estimate of drug-likeness (QED) is 0.739. The van der Waals surface area contributed by atoms with E-state index in [1.165, 1.54) is 44.1 Å². The van der Waals surface area contributed by atoms with Crippen LogP contribution in [0.5, 0.6) is 0 Å². The molecule has 1 fully saturated rings. The SMILES string of the molecule is CCCC1CCC(NC(C)Cc2ccc(Br)cc2)CC1. The van der Waals surface area contributed by atoms with Crippen LogP contribution in [0.2, 0.25) is 0 Å². The summed E-state index contributed by atoms with van der Waals surface area (Å²) in [5.41, 5.74) is 1.42. The van der Waals surface area contributed by atoms with Crippen molar-refractivity contribution in [1.82, 2.24) is 5.32 Å². The fourth-order valence-corrected chi connectivity index (χ4v) is 3.73. The van der Waals surface area contributed by atoms with Crippen LogP contribution in [0.15, 0.2) is 28.7 Å². The number of nitrogens with one attached hydrogen (secondary N) is 1. The first-order valence-corrected chi connectivity index (χ1v) is 8.97. The Hall–Kier alpha value is -0.340. The van der Waals surface area contributed by atoms with Crippen molar-refractivity contribution in [3.05, 3.63) is 34.3 Å². The molecule has 0 amide bonds. The average molecular weight is 338 g/mol. The number of hydrogen-bond donors (Lipinski definition) is 1. The summed E-state index contributed by atoms with van der Waals surface area (Å²) in [6.07, 6.45) is 9.50. The molecule has 0 aromatic heterocycles. The molecule has 20 heavy (non-hydrogen) atoms. The summed E-state index contributed by atoms with van der Waals surface area (Å²) in [5.74, 6) is 1.000. The zero-order valence-corrected chi connectivity index (χ0v) is 14.5. The highest BCUT2D eigenvalue weighted by Gasteiger charge is 2.21.